The third-order valence-corrected chi connectivity index (χ3v) is 4.88. The molecule has 0 aromatic carbocycles. The molecule has 136 valence electrons. The summed E-state index contributed by atoms with van der Waals surface area (Å²) in [5.41, 5.74) is -0.0814. The van der Waals surface area contributed by atoms with Crippen molar-refractivity contribution in [3.63, 3.8) is 0 Å². The van der Waals surface area contributed by atoms with E-state index in [1.54, 1.807) is 4.90 Å². The van der Waals surface area contributed by atoms with Gasteiger partial charge in [-0.2, -0.15) is 5.10 Å². The van der Waals surface area contributed by atoms with Crippen molar-refractivity contribution in [2.45, 2.75) is 25.7 Å². The fourth-order valence-corrected chi connectivity index (χ4v) is 3.35. The average molecular weight is 347 g/mol. The molecule has 2 amide bonds. The number of nitrogens with one attached hydrogen (secondary N) is 1. The van der Waals surface area contributed by atoms with Gasteiger partial charge >= 0.3 is 0 Å². The van der Waals surface area contributed by atoms with Gasteiger partial charge in [0.05, 0.1) is 6.54 Å². The van der Waals surface area contributed by atoms with Crippen LogP contribution in [-0.4, -0.2) is 82.5 Å². The van der Waals surface area contributed by atoms with Crippen LogP contribution in [0.1, 0.15) is 36.2 Å². The van der Waals surface area contributed by atoms with Crippen LogP contribution in [0, 0.1) is 0 Å². The molecule has 0 saturated carbocycles. The van der Waals surface area contributed by atoms with E-state index in [2.05, 4.69) is 15.1 Å². The molecule has 2 saturated heterocycles. The molecule has 3 rings (SSSR count). The molecule has 8 nitrogen and oxygen atoms in total. The van der Waals surface area contributed by atoms with Crippen molar-refractivity contribution >= 4 is 11.8 Å². The first-order chi connectivity index (χ1) is 12.1. The molecular weight excluding hydrogens is 322 g/mol. The van der Waals surface area contributed by atoms with Crippen LogP contribution in [-0.2, 0) is 4.79 Å². The van der Waals surface area contributed by atoms with Gasteiger partial charge in [-0.25, -0.2) is 5.10 Å². The Balaban J connectivity index is 1.48. The van der Waals surface area contributed by atoms with E-state index in [-0.39, 0.29) is 23.1 Å². The molecule has 0 aliphatic carbocycles. The van der Waals surface area contributed by atoms with Gasteiger partial charge in [0.15, 0.2) is 0 Å². The summed E-state index contributed by atoms with van der Waals surface area (Å²) < 4.78 is 0. The molecule has 3 heterocycles. The van der Waals surface area contributed by atoms with Crippen molar-refractivity contribution in [1.29, 1.82) is 0 Å². The van der Waals surface area contributed by atoms with Gasteiger partial charge in [0.1, 0.15) is 5.69 Å². The summed E-state index contributed by atoms with van der Waals surface area (Å²) in [6.07, 6.45) is 4.62. The monoisotopic (exact) mass is 347 g/mol. The van der Waals surface area contributed by atoms with Crippen LogP contribution >= 0.6 is 0 Å². The quantitative estimate of drug-likeness (QED) is 0.827. The van der Waals surface area contributed by atoms with Gasteiger partial charge in [-0.3, -0.25) is 19.3 Å². The van der Waals surface area contributed by atoms with Crippen molar-refractivity contribution in [3.05, 3.63) is 28.2 Å². The standard InChI is InChI=1S/C17H25N5O3/c23-15-6-5-14(18-19-15)17(25)22-11-9-20(10-12-22)13-16(24)21-7-3-1-2-4-8-21/h5-6H,1-4,7-13H2,(H,19,23). The molecule has 1 aromatic rings. The molecule has 8 heteroatoms. The Bertz CT molecular complexity index is 638. The third kappa shape index (κ3) is 4.66. The number of hydrogen-bond acceptors (Lipinski definition) is 5. The molecule has 2 fully saturated rings. The first-order valence-electron chi connectivity index (χ1n) is 8.98. The molecule has 2 aliphatic rings. The predicted molar refractivity (Wildman–Crippen MR) is 92.2 cm³/mol. The van der Waals surface area contributed by atoms with Gasteiger partial charge in [0, 0.05) is 45.3 Å². The average Bonchev–Trinajstić information content (AvgIpc) is 2.92. The third-order valence-electron chi connectivity index (χ3n) is 4.88. The smallest absolute Gasteiger partial charge is 0.274 e. The number of likely N-dealkylation sites (tertiary alicyclic amines) is 1. The zero-order chi connectivity index (χ0) is 17.6. The van der Waals surface area contributed by atoms with Crippen LogP contribution in [0.15, 0.2) is 16.9 Å². The van der Waals surface area contributed by atoms with E-state index in [0.29, 0.717) is 32.7 Å². The van der Waals surface area contributed by atoms with Crippen LogP contribution < -0.4 is 5.56 Å². The number of H-pyrrole nitrogens is 1. The molecule has 1 aromatic heterocycles. The van der Waals surface area contributed by atoms with Gasteiger partial charge in [0.2, 0.25) is 5.91 Å². The van der Waals surface area contributed by atoms with Crippen molar-refractivity contribution in [2.75, 3.05) is 45.8 Å². The Labute approximate surface area is 146 Å². The highest BCUT2D eigenvalue weighted by Gasteiger charge is 2.25. The van der Waals surface area contributed by atoms with Crippen LogP contribution in [0.3, 0.4) is 0 Å². The van der Waals surface area contributed by atoms with Crippen molar-refractivity contribution in [3.8, 4) is 0 Å². The molecule has 0 atom stereocenters. The summed E-state index contributed by atoms with van der Waals surface area (Å²) >= 11 is 0. The minimum atomic E-state index is -0.326. The normalized spacial score (nSPS) is 19.5. The lowest BCUT2D eigenvalue weighted by Crippen LogP contribution is -2.51. The van der Waals surface area contributed by atoms with Gasteiger partial charge in [-0.1, -0.05) is 12.8 Å². The number of amides is 2. The highest BCUT2D eigenvalue weighted by atomic mass is 16.2. The first-order valence-corrected chi connectivity index (χ1v) is 8.98. The minimum Gasteiger partial charge on any atom is -0.342 e. The number of carbonyl (C=O) groups is 2. The van der Waals surface area contributed by atoms with E-state index >= 15 is 0 Å². The van der Waals surface area contributed by atoms with Gasteiger partial charge in [0.25, 0.3) is 11.5 Å². The molecule has 1 N–H and O–H groups in total. The van der Waals surface area contributed by atoms with E-state index in [9.17, 15) is 14.4 Å². The van der Waals surface area contributed by atoms with Gasteiger partial charge in [-0.05, 0) is 18.9 Å². The second-order valence-corrected chi connectivity index (χ2v) is 6.67. The summed E-state index contributed by atoms with van der Waals surface area (Å²) in [4.78, 5) is 41.7. The number of hydrogen-bond donors (Lipinski definition) is 1. The Kier molecular flexibility index (Phi) is 5.80. The van der Waals surface area contributed by atoms with E-state index in [1.807, 2.05) is 4.90 Å². The van der Waals surface area contributed by atoms with Crippen LogP contribution in [0.4, 0.5) is 0 Å². The van der Waals surface area contributed by atoms with Crippen molar-refractivity contribution < 1.29 is 9.59 Å². The lowest BCUT2D eigenvalue weighted by molar-refractivity contribution is -0.132. The summed E-state index contributed by atoms with van der Waals surface area (Å²) in [5, 5.41) is 6.07. The number of aromatic amines is 1. The molecule has 0 spiro atoms. The molecule has 25 heavy (non-hydrogen) atoms. The van der Waals surface area contributed by atoms with Crippen LogP contribution in [0.2, 0.25) is 0 Å². The predicted octanol–water partition coefficient (Wildman–Crippen LogP) is -0.0697. The maximum Gasteiger partial charge on any atom is 0.274 e. The highest BCUT2D eigenvalue weighted by molar-refractivity contribution is 5.92. The fraction of sp³-hybridized carbons (Fsp3) is 0.647. The van der Waals surface area contributed by atoms with Crippen LogP contribution in [0.5, 0.6) is 0 Å². The van der Waals surface area contributed by atoms with Gasteiger partial charge in [-0.15, -0.1) is 0 Å². The molecule has 2 aliphatic heterocycles. The summed E-state index contributed by atoms with van der Waals surface area (Å²) in [6.45, 7) is 4.65. The Morgan fingerprint density at radius 3 is 2.20 bits per heavy atom. The Morgan fingerprint density at radius 2 is 1.60 bits per heavy atom. The topological polar surface area (TPSA) is 89.6 Å². The second kappa shape index (κ2) is 8.24. The van der Waals surface area contributed by atoms with Crippen molar-refractivity contribution in [1.82, 2.24) is 24.9 Å². The summed E-state index contributed by atoms with van der Waals surface area (Å²) in [7, 11) is 0. The fourth-order valence-electron chi connectivity index (χ4n) is 3.35. The molecule has 0 unspecified atom stereocenters. The largest absolute Gasteiger partial charge is 0.342 e. The van der Waals surface area contributed by atoms with Crippen LogP contribution in [0.25, 0.3) is 0 Å². The molecule has 0 radical (unpaired) electrons. The van der Waals surface area contributed by atoms with E-state index < -0.39 is 0 Å². The van der Waals surface area contributed by atoms with E-state index in [0.717, 1.165) is 25.9 Å². The van der Waals surface area contributed by atoms with E-state index in [1.165, 1.54) is 25.0 Å². The lowest BCUT2D eigenvalue weighted by atomic mass is 10.2. The number of aromatic nitrogens is 2. The minimum absolute atomic E-state index is 0.185. The number of rotatable bonds is 3. The Hall–Kier alpha value is -2.22. The SMILES string of the molecule is O=C(CN1CCN(C(=O)c2ccc(=O)[nH]n2)CC1)N1CCCCCC1. The van der Waals surface area contributed by atoms with E-state index in [4.69, 9.17) is 0 Å². The second-order valence-electron chi connectivity index (χ2n) is 6.67. The highest BCUT2D eigenvalue weighted by Crippen LogP contribution is 2.11. The first kappa shape index (κ1) is 17.6. The number of nitrogens with zero attached hydrogens (tertiary/aromatic N) is 4. The van der Waals surface area contributed by atoms with Gasteiger partial charge < -0.3 is 9.80 Å². The van der Waals surface area contributed by atoms with Crippen molar-refractivity contribution in [2.24, 2.45) is 0 Å². The number of piperazine rings is 1. The maximum absolute atomic E-state index is 12.4. The number of carbonyl (C=O) groups excluding carboxylic acids is 2. The summed E-state index contributed by atoms with van der Waals surface area (Å²) in [6, 6.07) is 2.74. The lowest BCUT2D eigenvalue weighted by Gasteiger charge is -2.35. The molecular formula is C17H25N5O3. The molecule has 0 bridgehead atoms. The zero-order valence-electron chi connectivity index (χ0n) is 14.4. The Morgan fingerprint density at radius 1 is 0.920 bits per heavy atom. The zero-order valence-corrected chi connectivity index (χ0v) is 14.4. The maximum atomic E-state index is 12.4. The summed E-state index contributed by atoms with van der Waals surface area (Å²) in [5.74, 6) is 0.0127.